The summed E-state index contributed by atoms with van der Waals surface area (Å²) in [5.74, 6) is -1.12. The molecule has 0 saturated heterocycles. The van der Waals surface area contributed by atoms with Gasteiger partial charge in [-0.3, -0.25) is 0 Å². The number of hydrogen-bond donors (Lipinski definition) is 2. The van der Waals surface area contributed by atoms with Gasteiger partial charge in [0.05, 0.1) is 20.5 Å². The summed E-state index contributed by atoms with van der Waals surface area (Å²) in [4.78, 5) is 3.98. The number of nitrogens with two attached hydrogens (primary N) is 1. The molecule has 0 saturated carbocycles. The third kappa shape index (κ3) is 4.29. The second-order valence-corrected chi connectivity index (χ2v) is 9.01. The van der Waals surface area contributed by atoms with Crippen molar-refractivity contribution in [3.63, 3.8) is 0 Å². The lowest BCUT2D eigenvalue weighted by Crippen LogP contribution is -2.52. The molecule has 0 fully saturated rings. The van der Waals surface area contributed by atoms with Crippen LogP contribution in [-0.2, 0) is 9.84 Å². The molecule has 0 aliphatic heterocycles. The zero-order chi connectivity index (χ0) is 21.3. The van der Waals surface area contributed by atoms with Gasteiger partial charge >= 0.3 is 6.18 Å². The molecule has 0 spiro atoms. The van der Waals surface area contributed by atoms with Gasteiger partial charge in [-0.15, -0.1) is 11.8 Å². The molecule has 3 N–H and O–H groups in total. The van der Waals surface area contributed by atoms with Crippen molar-refractivity contribution in [2.45, 2.75) is 33.4 Å². The fourth-order valence-corrected chi connectivity index (χ4v) is 4.81. The lowest BCUT2D eigenvalue weighted by atomic mass is 10.1. The Kier molecular flexibility index (Phi) is 6.39. The Morgan fingerprint density at radius 1 is 1.21 bits per heavy atom. The van der Waals surface area contributed by atoms with Crippen LogP contribution in [0.4, 0.5) is 18.9 Å². The van der Waals surface area contributed by atoms with Crippen molar-refractivity contribution in [2.75, 3.05) is 6.26 Å². The summed E-state index contributed by atoms with van der Waals surface area (Å²) in [5.41, 5.74) is 1.72. The van der Waals surface area contributed by atoms with Crippen molar-refractivity contribution in [1.29, 1.82) is 0 Å². The van der Waals surface area contributed by atoms with Gasteiger partial charge in [-0.05, 0) is 43.5 Å². The van der Waals surface area contributed by atoms with Crippen molar-refractivity contribution < 1.29 is 26.7 Å². The smallest absolute Gasteiger partial charge is 0.384 e. The second kappa shape index (κ2) is 7.94. The molecule has 1 atom stereocenters. The summed E-state index contributed by atoms with van der Waals surface area (Å²) in [7, 11) is -3.92. The molecule has 2 rings (SSSR count). The van der Waals surface area contributed by atoms with Gasteiger partial charge in [-0.2, -0.15) is 13.2 Å². The Hall–Kier alpha value is -1.75. The average Bonchev–Trinajstić information content (AvgIpc) is 2.62. The molecule has 2 aromatic rings. The summed E-state index contributed by atoms with van der Waals surface area (Å²) >= 11 is 7.26. The predicted octanol–water partition coefficient (Wildman–Crippen LogP) is 4.20. The zero-order valence-electron chi connectivity index (χ0n) is 14.7. The number of sulfone groups is 1. The molecule has 0 heterocycles. The highest BCUT2D eigenvalue weighted by Crippen LogP contribution is 2.35. The third-order valence-corrected chi connectivity index (χ3v) is 6.92. The van der Waals surface area contributed by atoms with Crippen LogP contribution in [0.5, 0.6) is 0 Å². The minimum absolute atomic E-state index is 0.0781. The van der Waals surface area contributed by atoms with E-state index >= 15 is 0 Å². The van der Waals surface area contributed by atoms with Crippen molar-refractivity contribution in [1.82, 2.24) is 0 Å². The van der Waals surface area contributed by atoms with E-state index in [1.165, 1.54) is 17.8 Å². The number of thioether (sulfide) groups is 1. The first-order valence-corrected chi connectivity index (χ1v) is 10.7. The SMILES string of the molecule is CSc1ccccc1S(=O)(=O)c1ccc(N=C(N)[C@@](C)(O)C(F)(F)F)c(Cl)c1. The van der Waals surface area contributed by atoms with Crippen LogP contribution in [0, 0.1) is 0 Å². The van der Waals surface area contributed by atoms with Crippen molar-refractivity contribution in [3.05, 3.63) is 47.5 Å². The van der Waals surface area contributed by atoms with Crippen molar-refractivity contribution >= 4 is 44.7 Å². The van der Waals surface area contributed by atoms with Crippen LogP contribution >= 0.6 is 23.4 Å². The van der Waals surface area contributed by atoms with Gasteiger partial charge in [-0.25, -0.2) is 13.4 Å². The number of nitrogens with zero attached hydrogens (tertiary/aromatic N) is 1. The van der Waals surface area contributed by atoms with Gasteiger partial charge in [-0.1, -0.05) is 23.7 Å². The van der Waals surface area contributed by atoms with Crippen LogP contribution in [0.3, 0.4) is 0 Å². The van der Waals surface area contributed by atoms with E-state index < -0.39 is 27.5 Å². The molecule has 0 aliphatic rings. The fraction of sp³-hybridized carbons (Fsp3) is 0.235. The summed E-state index contributed by atoms with van der Waals surface area (Å²) in [6.07, 6.45) is -3.31. The Morgan fingerprint density at radius 2 is 1.82 bits per heavy atom. The summed E-state index contributed by atoms with van der Waals surface area (Å²) in [6, 6.07) is 9.72. The first kappa shape index (κ1) is 22.5. The summed E-state index contributed by atoms with van der Waals surface area (Å²) in [6.45, 7) is 0.456. The van der Waals surface area contributed by atoms with Crippen LogP contribution in [0.2, 0.25) is 5.02 Å². The number of amidine groups is 1. The van der Waals surface area contributed by atoms with E-state index in [9.17, 15) is 26.7 Å². The number of halogens is 4. The van der Waals surface area contributed by atoms with Crippen LogP contribution in [-0.4, -0.2) is 37.4 Å². The topological polar surface area (TPSA) is 92.8 Å². The zero-order valence-corrected chi connectivity index (χ0v) is 17.0. The van der Waals surface area contributed by atoms with Crippen LogP contribution in [0.25, 0.3) is 0 Å². The maximum Gasteiger partial charge on any atom is 0.424 e. The normalized spacial score (nSPS) is 15.3. The Morgan fingerprint density at radius 3 is 2.36 bits per heavy atom. The highest BCUT2D eigenvalue weighted by atomic mass is 35.5. The number of aliphatic imine (C=N–C) groups is 1. The standard InChI is InChI=1S/C17H16ClF3N2O3S2/c1-16(24,17(19,20)21)15(22)23-12-8-7-10(9-11(12)18)28(25,26)14-6-4-3-5-13(14)27-2/h3-9,24H,1-2H3,(H2,22,23)/t16-/m1/s1. The van der Waals surface area contributed by atoms with Gasteiger partial charge in [0, 0.05) is 4.90 Å². The number of alkyl halides is 3. The largest absolute Gasteiger partial charge is 0.424 e. The molecule has 0 amide bonds. The van der Waals surface area contributed by atoms with Crippen molar-refractivity contribution in [3.8, 4) is 0 Å². The summed E-state index contributed by atoms with van der Waals surface area (Å²) in [5, 5.41) is 9.31. The minimum Gasteiger partial charge on any atom is -0.384 e. The number of hydrogen-bond acceptors (Lipinski definition) is 5. The molecule has 0 radical (unpaired) electrons. The monoisotopic (exact) mass is 452 g/mol. The highest BCUT2D eigenvalue weighted by Gasteiger charge is 2.53. The van der Waals surface area contributed by atoms with Gasteiger partial charge in [0.15, 0.2) is 0 Å². The molecule has 11 heteroatoms. The van der Waals surface area contributed by atoms with E-state index in [0.29, 0.717) is 11.8 Å². The predicted molar refractivity (Wildman–Crippen MR) is 103 cm³/mol. The molecule has 0 bridgehead atoms. The lowest BCUT2D eigenvalue weighted by Gasteiger charge is -2.25. The van der Waals surface area contributed by atoms with Gasteiger partial charge in [0.1, 0.15) is 5.84 Å². The quantitative estimate of drug-likeness (QED) is 0.403. The van der Waals surface area contributed by atoms with E-state index in [1.807, 2.05) is 0 Å². The van der Waals surface area contributed by atoms with E-state index in [4.69, 9.17) is 17.3 Å². The molecular formula is C17H16ClF3N2O3S2. The Balaban J connectivity index is 2.49. The number of rotatable bonds is 5. The number of benzene rings is 2. The Labute approximate surface area is 169 Å². The molecule has 0 aliphatic carbocycles. The lowest BCUT2D eigenvalue weighted by molar-refractivity contribution is -0.223. The maximum absolute atomic E-state index is 12.9. The van der Waals surface area contributed by atoms with E-state index in [2.05, 4.69) is 4.99 Å². The van der Waals surface area contributed by atoms with Crippen LogP contribution < -0.4 is 5.73 Å². The minimum atomic E-state index is -5.04. The number of aliphatic hydroxyl groups is 1. The molecule has 2 aromatic carbocycles. The van der Waals surface area contributed by atoms with Crippen LogP contribution in [0.15, 0.2) is 62.1 Å². The van der Waals surface area contributed by atoms with E-state index in [1.54, 1.807) is 24.5 Å². The first-order chi connectivity index (χ1) is 12.8. The second-order valence-electron chi connectivity index (χ2n) is 5.83. The van der Waals surface area contributed by atoms with E-state index in [-0.39, 0.29) is 20.5 Å². The highest BCUT2D eigenvalue weighted by molar-refractivity contribution is 7.99. The van der Waals surface area contributed by atoms with Crippen LogP contribution in [0.1, 0.15) is 6.92 Å². The van der Waals surface area contributed by atoms with E-state index in [0.717, 1.165) is 18.2 Å². The average molecular weight is 453 g/mol. The molecule has 0 aromatic heterocycles. The molecule has 5 nitrogen and oxygen atoms in total. The fourth-order valence-electron chi connectivity index (χ4n) is 2.10. The molecule has 0 unspecified atom stereocenters. The molecule has 152 valence electrons. The van der Waals surface area contributed by atoms with Gasteiger partial charge in [0.25, 0.3) is 0 Å². The molecule has 28 heavy (non-hydrogen) atoms. The summed E-state index contributed by atoms with van der Waals surface area (Å²) < 4.78 is 64.3. The molecular weight excluding hydrogens is 437 g/mol. The third-order valence-electron chi connectivity index (χ3n) is 3.88. The Bertz CT molecular complexity index is 1020. The van der Waals surface area contributed by atoms with Gasteiger partial charge in [0.2, 0.25) is 15.4 Å². The van der Waals surface area contributed by atoms with Crippen molar-refractivity contribution in [2.24, 2.45) is 10.7 Å². The maximum atomic E-state index is 12.9. The first-order valence-electron chi connectivity index (χ1n) is 7.63. The van der Waals surface area contributed by atoms with Gasteiger partial charge < -0.3 is 10.8 Å².